The van der Waals surface area contributed by atoms with Gasteiger partial charge >= 0.3 is 7.12 Å². The van der Waals surface area contributed by atoms with Crippen LogP contribution >= 0.6 is 11.6 Å². The van der Waals surface area contributed by atoms with E-state index >= 15 is 0 Å². The lowest BCUT2D eigenvalue weighted by atomic mass is 9.81. The van der Waals surface area contributed by atoms with Crippen LogP contribution in [0, 0.1) is 5.82 Å². The number of hydrogen-bond acceptors (Lipinski definition) is 3. The highest BCUT2D eigenvalue weighted by molar-refractivity contribution is 6.58. The van der Waals surface area contributed by atoms with Crippen LogP contribution < -0.4 is 11.0 Å². The molecule has 98 valence electrons. The quantitative estimate of drug-likeness (QED) is 0.799. The molecule has 0 radical (unpaired) electrons. The molecular formula is C12H10BClFNO3. The van der Waals surface area contributed by atoms with Gasteiger partial charge in [0.05, 0.1) is 11.6 Å². The minimum absolute atomic E-state index is 0.0272. The molecule has 1 aromatic carbocycles. The Morgan fingerprint density at radius 3 is 2.68 bits per heavy atom. The van der Waals surface area contributed by atoms with Gasteiger partial charge < -0.3 is 14.6 Å². The van der Waals surface area contributed by atoms with Gasteiger partial charge in [-0.05, 0) is 23.2 Å². The van der Waals surface area contributed by atoms with Crippen molar-refractivity contribution in [1.29, 1.82) is 0 Å². The van der Waals surface area contributed by atoms with Crippen molar-refractivity contribution in [1.82, 2.24) is 4.57 Å². The van der Waals surface area contributed by atoms with Gasteiger partial charge in [-0.1, -0.05) is 23.7 Å². The molecule has 2 N–H and O–H groups in total. The third-order valence-corrected chi connectivity index (χ3v) is 3.11. The number of rotatable bonds is 3. The predicted molar refractivity (Wildman–Crippen MR) is 71.0 cm³/mol. The van der Waals surface area contributed by atoms with Gasteiger partial charge in [0.1, 0.15) is 5.82 Å². The van der Waals surface area contributed by atoms with Gasteiger partial charge in [-0.3, -0.25) is 4.79 Å². The van der Waals surface area contributed by atoms with Gasteiger partial charge in [-0.2, -0.15) is 0 Å². The van der Waals surface area contributed by atoms with E-state index in [4.69, 9.17) is 21.6 Å². The molecule has 7 heteroatoms. The molecule has 0 saturated heterocycles. The second-order valence-electron chi connectivity index (χ2n) is 4.01. The maximum Gasteiger partial charge on any atom is 0.488 e. The molecule has 0 amide bonds. The van der Waals surface area contributed by atoms with Crippen LogP contribution in [-0.2, 0) is 6.54 Å². The van der Waals surface area contributed by atoms with Gasteiger partial charge in [0.2, 0.25) is 5.56 Å². The number of nitrogens with zero attached hydrogens (tertiary/aromatic N) is 1. The van der Waals surface area contributed by atoms with Crippen molar-refractivity contribution < 1.29 is 14.4 Å². The molecule has 19 heavy (non-hydrogen) atoms. The van der Waals surface area contributed by atoms with Crippen LogP contribution in [0.4, 0.5) is 4.39 Å². The van der Waals surface area contributed by atoms with Crippen molar-refractivity contribution in [2.75, 3.05) is 0 Å². The van der Waals surface area contributed by atoms with Crippen molar-refractivity contribution in [2.45, 2.75) is 6.54 Å². The Morgan fingerprint density at radius 1 is 1.32 bits per heavy atom. The zero-order chi connectivity index (χ0) is 14.0. The van der Waals surface area contributed by atoms with Crippen molar-refractivity contribution in [3.63, 3.8) is 0 Å². The summed E-state index contributed by atoms with van der Waals surface area (Å²) in [6.45, 7) is 0.108. The van der Waals surface area contributed by atoms with Crippen molar-refractivity contribution in [3.05, 3.63) is 63.3 Å². The van der Waals surface area contributed by atoms with Crippen molar-refractivity contribution in [2.24, 2.45) is 0 Å². The highest BCUT2D eigenvalue weighted by atomic mass is 35.5. The summed E-state index contributed by atoms with van der Waals surface area (Å²) in [6, 6.07) is 6.87. The summed E-state index contributed by atoms with van der Waals surface area (Å²) in [5, 5.41) is 17.9. The standard InChI is InChI=1S/C12H10BClFNO3/c14-12-8(2-1-3-10(12)15)7-16-5-4-9(13(18)19)6-11(16)17/h1-6,18-19H,7H2. The average molecular weight is 281 g/mol. The first kappa shape index (κ1) is 13.8. The lowest BCUT2D eigenvalue weighted by Gasteiger charge is -2.09. The topological polar surface area (TPSA) is 62.5 Å². The summed E-state index contributed by atoms with van der Waals surface area (Å²) in [5.41, 5.74) is 0.151. The van der Waals surface area contributed by atoms with Crippen LogP contribution in [0.3, 0.4) is 0 Å². The Kier molecular flexibility index (Phi) is 4.04. The van der Waals surface area contributed by atoms with Gasteiger partial charge in [-0.25, -0.2) is 4.39 Å². The molecule has 1 heterocycles. The van der Waals surface area contributed by atoms with E-state index in [0.29, 0.717) is 5.56 Å². The zero-order valence-corrected chi connectivity index (χ0v) is 10.5. The van der Waals surface area contributed by atoms with E-state index in [1.807, 2.05) is 0 Å². The number of hydrogen-bond donors (Lipinski definition) is 2. The molecular weight excluding hydrogens is 271 g/mol. The third-order valence-electron chi connectivity index (χ3n) is 2.69. The van der Waals surface area contributed by atoms with E-state index in [2.05, 4.69) is 0 Å². The fourth-order valence-electron chi connectivity index (χ4n) is 1.67. The first-order valence-electron chi connectivity index (χ1n) is 5.48. The van der Waals surface area contributed by atoms with E-state index in [0.717, 1.165) is 6.07 Å². The number of aromatic nitrogens is 1. The van der Waals surface area contributed by atoms with Crippen molar-refractivity contribution >= 4 is 24.2 Å². The minimum Gasteiger partial charge on any atom is -0.423 e. The molecule has 0 saturated carbocycles. The Labute approximate surface area is 113 Å². The molecule has 0 bridgehead atoms. The van der Waals surface area contributed by atoms with Crippen LogP contribution in [-0.4, -0.2) is 21.7 Å². The fraction of sp³-hybridized carbons (Fsp3) is 0.0833. The molecule has 2 aromatic rings. The van der Waals surface area contributed by atoms with E-state index in [1.54, 1.807) is 6.07 Å². The zero-order valence-electron chi connectivity index (χ0n) is 9.75. The lowest BCUT2D eigenvalue weighted by molar-refractivity contribution is 0.425. The van der Waals surface area contributed by atoms with Crippen LogP contribution in [0.5, 0.6) is 0 Å². The van der Waals surface area contributed by atoms with E-state index in [1.165, 1.54) is 29.0 Å². The summed E-state index contributed by atoms with van der Waals surface area (Å²) in [7, 11) is -1.69. The maximum atomic E-state index is 13.3. The largest absolute Gasteiger partial charge is 0.488 e. The smallest absolute Gasteiger partial charge is 0.423 e. The Balaban J connectivity index is 2.34. The van der Waals surface area contributed by atoms with Crippen molar-refractivity contribution in [3.8, 4) is 0 Å². The first-order chi connectivity index (χ1) is 8.99. The Bertz CT molecular complexity index is 660. The SMILES string of the molecule is O=c1cc(B(O)O)ccn1Cc1cccc(F)c1Cl. The summed E-state index contributed by atoms with van der Waals surface area (Å²) in [4.78, 5) is 11.7. The summed E-state index contributed by atoms with van der Waals surface area (Å²) in [6.07, 6.45) is 1.40. The monoisotopic (exact) mass is 281 g/mol. The number of benzene rings is 1. The van der Waals surface area contributed by atoms with E-state index < -0.39 is 18.5 Å². The van der Waals surface area contributed by atoms with E-state index in [9.17, 15) is 9.18 Å². The molecule has 0 aliphatic rings. The number of pyridine rings is 1. The second-order valence-corrected chi connectivity index (χ2v) is 4.39. The molecule has 4 nitrogen and oxygen atoms in total. The van der Waals surface area contributed by atoms with E-state index in [-0.39, 0.29) is 17.0 Å². The Hall–Kier alpha value is -1.63. The molecule has 0 atom stereocenters. The molecule has 1 aromatic heterocycles. The van der Waals surface area contributed by atoms with Crippen LogP contribution in [0.2, 0.25) is 5.02 Å². The Morgan fingerprint density at radius 2 is 2.05 bits per heavy atom. The van der Waals surface area contributed by atoms with Gasteiger partial charge in [-0.15, -0.1) is 0 Å². The molecule has 0 spiro atoms. The molecule has 0 aliphatic carbocycles. The average Bonchev–Trinajstić information content (AvgIpc) is 2.37. The van der Waals surface area contributed by atoms with Crippen LogP contribution in [0.1, 0.15) is 5.56 Å². The van der Waals surface area contributed by atoms with Gasteiger partial charge in [0, 0.05) is 12.3 Å². The first-order valence-corrected chi connectivity index (χ1v) is 5.86. The molecule has 0 fully saturated rings. The highest BCUT2D eigenvalue weighted by Gasteiger charge is 2.12. The summed E-state index contributed by atoms with van der Waals surface area (Å²) < 4.78 is 14.6. The third kappa shape index (κ3) is 3.04. The molecule has 0 unspecified atom stereocenters. The summed E-state index contributed by atoms with van der Waals surface area (Å²) >= 11 is 5.81. The second kappa shape index (κ2) is 5.56. The maximum absolute atomic E-state index is 13.3. The molecule has 2 rings (SSSR count). The van der Waals surface area contributed by atoms with Gasteiger partial charge in [0.25, 0.3) is 0 Å². The summed E-state index contributed by atoms with van der Waals surface area (Å²) in [5.74, 6) is -0.547. The minimum atomic E-state index is -1.69. The van der Waals surface area contributed by atoms with Gasteiger partial charge in [0.15, 0.2) is 0 Å². The molecule has 0 aliphatic heterocycles. The highest BCUT2D eigenvalue weighted by Crippen LogP contribution is 2.19. The predicted octanol–water partition coefficient (Wildman–Crippen LogP) is 0.369. The van der Waals surface area contributed by atoms with Crippen LogP contribution in [0.25, 0.3) is 0 Å². The fourth-order valence-corrected chi connectivity index (χ4v) is 1.85. The lowest BCUT2D eigenvalue weighted by Crippen LogP contribution is -2.35. The normalized spacial score (nSPS) is 10.5. The van der Waals surface area contributed by atoms with Crippen LogP contribution in [0.15, 0.2) is 41.3 Å². The number of halogens is 2.